The van der Waals surface area contributed by atoms with Gasteiger partial charge in [-0.1, -0.05) is 72.8 Å². The molecule has 5 nitrogen and oxygen atoms in total. The minimum absolute atomic E-state index is 0.891. The highest BCUT2D eigenvalue weighted by atomic mass is 15.3. The number of benzene rings is 6. The van der Waals surface area contributed by atoms with E-state index in [2.05, 4.69) is 116 Å². The molecule has 0 unspecified atom stereocenters. The van der Waals surface area contributed by atoms with E-state index in [4.69, 9.17) is 9.97 Å². The standard InChI is InChI=1S/C34H19N5/c1-2-10-22-20(9-1)17-25(24-12-4-3-11-23(22)24)21-18-30-32-31(19-21)38-29-16-8-6-14-27(29)36-34(38)39(32)33-35-26-13-5-7-15-28(26)37(30)33/h1-19H. The van der Waals surface area contributed by atoms with Crippen LogP contribution in [-0.2, 0) is 0 Å². The van der Waals surface area contributed by atoms with Crippen LogP contribution in [0.15, 0.2) is 115 Å². The van der Waals surface area contributed by atoms with Gasteiger partial charge in [0.15, 0.2) is 0 Å². The first-order chi connectivity index (χ1) is 19.3. The van der Waals surface area contributed by atoms with Crippen molar-refractivity contribution in [3.8, 4) is 11.1 Å². The Bertz CT molecular complexity index is 2500. The predicted octanol–water partition coefficient (Wildman–Crippen LogP) is 8.11. The summed E-state index contributed by atoms with van der Waals surface area (Å²) in [7, 11) is 0. The Balaban J connectivity index is 1.47. The van der Waals surface area contributed by atoms with Crippen LogP contribution >= 0.6 is 0 Å². The SMILES string of the molecule is c1ccc2c(c1)cc(-c1cc3c4c(c1)n1c5ccccc5nc1n4c1nc4ccccc4n31)c1ccccc12. The first kappa shape index (κ1) is 19.7. The summed E-state index contributed by atoms with van der Waals surface area (Å²) in [6.45, 7) is 0. The number of hydrogen-bond acceptors (Lipinski definition) is 2. The third-order valence-corrected chi connectivity index (χ3v) is 8.34. The summed E-state index contributed by atoms with van der Waals surface area (Å²) in [6, 6.07) is 41.2. The van der Waals surface area contributed by atoms with Crippen molar-refractivity contribution in [2.24, 2.45) is 0 Å². The molecule has 0 aliphatic heterocycles. The fourth-order valence-corrected chi connectivity index (χ4v) is 6.71. The molecule has 0 aliphatic rings. The highest BCUT2D eigenvalue weighted by Gasteiger charge is 2.24. The van der Waals surface area contributed by atoms with Crippen molar-refractivity contribution in [3.05, 3.63) is 115 Å². The summed E-state index contributed by atoms with van der Waals surface area (Å²) in [5.74, 6) is 1.78. The molecule has 10 rings (SSSR count). The number of para-hydroxylation sites is 4. The van der Waals surface area contributed by atoms with E-state index in [1.165, 1.54) is 32.7 Å². The molecule has 0 fully saturated rings. The molecular formula is C34H19N5. The zero-order valence-corrected chi connectivity index (χ0v) is 20.7. The van der Waals surface area contributed by atoms with Gasteiger partial charge in [-0.15, -0.1) is 0 Å². The second-order valence-corrected chi connectivity index (χ2v) is 10.4. The molecule has 0 spiro atoms. The van der Waals surface area contributed by atoms with Crippen molar-refractivity contribution in [2.45, 2.75) is 0 Å². The van der Waals surface area contributed by atoms with Crippen molar-refractivity contribution >= 4 is 71.7 Å². The molecule has 4 heterocycles. The Morgan fingerprint density at radius 2 is 0.974 bits per heavy atom. The van der Waals surface area contributed by atoms with E-state index in [1.807, 2.05) is 12.1 Å². The molecule has 0 aliphatic carbocycles. The van der Waals surface area contributed by atoms with Gasteiger partial charge in [0.05, 0.1) is 33.1 Å². The lowest BCUT2D eigenvalue weighted by Crippen LogP contribution is -1.89. The summed E-state index contributed by atoms with van der Waals surface area (Å²) in [4.78, 5) is 10.2. The molecule has 180 valence electrons. The van der Waals surface area contributed by atoms with E-state index < -0.39 is 0 Å². The van der Waals surface area contributed by atoms with Crippen LogP contribution < -0.4 is 0 Å². The van der Waals surface area contributed by atoms with Crippen molar-refractivity contribution in [2.75, 3.05) is 0 Å². The maximum absolute atomic E-state index is 5.09. The predicted molar refractivity (Wildman–Crippen MR) is 159 cm³/mol. The van der Waals surface area contributed by atoms with Gasteiger partial charge in [-0.2, -0.15) is 0 Å². The summed E-state index contributed by atoms with van der Waals surface area (Å²) in [6.07, 6.45) is 0. The van der Waals surface area contributed by atoms with Gasteiger partial charge in [-0.05, 0) is 75.1 Å². The van der Waals surface area contributed by atoms with Gasteiger partial charge in [0, 0.05) is 0 Å². The fraction of sp³-hybridized carbons (Fsp3) is 0. The molecule has 0 N–H and O–H groups in total. The summed E-state index contributed by atoms with van der Waals surface area (Å²) >= 11 is 0. The first-order valence-electron chi connectivity index (χ1n) is 13.2. The highest BCUT2D eigenvalue weighted by Crippen LogP contribution is 2.40. The van der Waals surface area contributed by atoms with Gasteiger partial charge in [-0.3, -0.25) is 8.80 Å². The Kier molecular flexibility index (Phi) is 3.38. The van der Waals surface area contributed by atoms with Crippen LogP contribution in [0.25, 0.3) is 82.8 Å². The topological polar surface area (TPSA) is 39.0 Å². The number of nitrogens with zero attached hydrogens (tertiary/aromatic N) is 5. The molecule has 0 saturated carbocycles. The lowest BCUT2D eigenvalue weighted by molar-refractivity contribution is 1.15. The smallest absolute Gasteiger partial charge is 0.223 e. The van der Waals surface area contributed by atoms with Crippen molar-refractivity contribution in [1.82, 2.24) is 23.2 Å². The second-order valence-electron chi connectivity index (χ2n) is 10.4. The van der Waals surface area contributed by atoms with Crippen LogP contribution in [-0.4, -0.2) is 23.2 Å². The van der Waals surface area contributed by atoms with E-state index in [0.29, 0.717) is 0 Å². The quantitative estimate of drug-likeness (QED) is 0.215. The van der Waals surface area contributed by atoms with Gasteiger partial charge < -0.3 is 0 Å². The number of fused-ring (bicyclic) bond motifs is 13. The molecule has 6 aromatic carbocycles. The maximum Gasteiger partial charge on any atom is 0.223 e. The van der Waals surface area contributed by atoms with Crippen LogP contribution in [0.4, 0.5) is 0 Å². The third-order valence-electron chi connectivity index (χ3n) is 8.34. The number of aromatic nitrogens is 5. The highest BCUT2D eigenvalue weighted by molar-refractivity contribution is 6.15. The minimum Gasteiger partial charge on any atom is -0.276 e. The summed E-state index contributed by atoms with van der Waals surface area (Å²) in [5.41, 5.74) is 10.0. The van der Waals surface area contributed by atoms with Gasteiger partial charge in [0.25, 0.3) is 0 Å². The van der Waals surface area contributed by atoms with E-state index in [9.17, 15) is 0 Å². The molecule has 4 aromatic heterocycles. The second kappa shape index (κ2) is 6.71. The summed E-state index contributed by atoms with van der Waals surface area (Å²) < 4.78 is 6.82. The van der Waals surface area contributed by atoms with Crippen LogP contribution in [0.1, 0.15) is 0 Å². The Morgan fingerprint density at radius 3 is 1.64 bits per heavy atom. The van der Waals surface area contributed by atoms with Crippen LogP contribution in [0, 0.1) is 0 Å². The first-order valence-corrected chi connectivity index (χ1v) is 13.2. The van der Waals surface area contributed by atoms with Crippen LogP contribution in [0.2, 0.25) is 0 Å². The van der Waals surface area contributed by atoms with E-state index in [0.717, 1.165) is 50.2 Å². The Morgan fingerprint density at radius 1 is 0.436 bits per heavy atom. The molecule has 10 aromatic rings. The van der Waals surface area contributed by atoms with Gasteiger partial charge in [0.1, 0.15) is 5.52 Å². The molecule has 39 heavy (non-hydrogen) atoms. The molecule has 0 amide bonds. The Labute approximate surface area is 221 Å². The van der Waals surface area contributed by atoms with Crippen LogP contribution in [0.5, 0.6) is 0 Å². The van der Waals surface area contributed by atoms with Crippen molar-refractivity contribution in [1.29, 1.82) is 0 Å². The van der Waals surface area contributed by atoms with E-state index in [-0.39, 0.29) is 0 Å². The maximum atomic E-state index is 5.09. The normalized spacial score (nSPS) is 12.6. The Hall–Kier alpha value is -5.42. The zero-order valence-electron chi connectivity index (χ0n) is 20.7. The molecular weight excluding hydrogens is 478 g/mol. The number of imidazole rings is 4. The summed E-state index contributed by atoms with van der Waals surface area (Å²) in [5, 5.41) is 5.04. The third kappa shape index (κ3) is 2.32. The van der Waals surface area contributed by atoms with E-state index in [1.54, 1.807) is 0 Å². The molecule has 0 radical (unpaired) electrons. The average Bonchev–Trinajstić information content (AvgIpc) is 3.71. The largest absolute Gasteiger partial charge is 0.276 e. The molecule has 0 bridgehead atoms. The van der Waals surface area contributed by atoms with Gasteiger partial charge >= 0.3 is 0 Å². The van der Waals surface area contributed by atoms with Crippen molar-refractivity contribution in [3.63, 3.8) is 0 Å². The molecule has 0 atom stereocenters. The molecule has 5 heteroatoms. The van der Waals surface area contributed by atoms with Gasteiger partial charge in [0.2, 0.25) is 11.6 Å². The lowest BCUT2D eigenvalue weighted by Gasteiger charge is -2.12. The molecule has 0 saturated heterocycles. The fourth-order valence-electron chi connectivity index (χ4n) is 6.71. The monoisotopic (exact) mass is 497 g/mol. The van der Waals surface area contributed by atoms with Gasteiger partial charge in [-0.25, -0.2) is 14.4 Å². The van der Waals surface area contributed by atoms with Crippen LogP contribution in [0.3, 0.4) is 0 Å². The number of rotatable bonds is 1. The number of hydrogen-bond donors (Lipinski definition) is 0. The van der Waals surface area contributed by atoms with E-state index >= 15 is 0 Å². The van der Waals surface area contributed by atoms with Crippen molar-refractivity contribution < 1.29 is 0 Å². The zero-order chi connectivity index (χ0) is 25.2. The minimum atomic E-state index is 0.891. The lowest BCUT2D eigenvalue weighted by atomic mass is 9.93. The average molecular weight is 498 g/mol.